The second-order valence-electron chi connectivity index (χ2n) is 4.83. The van der Waals surface area contributed by atoms with Crippen LogP contribution in [0.4, 0.5) is 11.4 Å². The van der Waals surface area contributed by atoms with Crippen LogP contribution in [0.2, 0.25) is 0 Å². The summed E-state index contributed by atoms with van der Waals surface area (Å²) in [7, 11) is 1.99. The van der Waals surface area contributed by atoms with Crippen molar-refractivity contribution in [3.8, 4) is 6.07 Å². The Bertz CT molecular complexity index is 611. The molecule has 1 atom stereocenters. The van der Waals surface area contributed by atoms with Crippen molar-refractivity contribution in [3.05, 3.63) is 59.7 Å². The summed E-state index contributed by atoms with van der Waals surface area (Å²) < 4.78 is 0. The van der Waals surface area contributed by atoms with Gasteiger partial charge in [0.1, 0.15) is 0 Å². The summed E-state index contributed by atoms with van der Waals surface area (Å²) >= 11 is 0. The van der Waals surface area contributed by atoms with Gasteiger partial charge >= 0.3 is 0 Å². The highest BCUT2D eigenvalue weighted by atomic mass is 15.1. The molecule has 0 fully saturated rings. The van der Waals surface area contributed by atoms with Crippen molar-refractivity contribution >= 4 is 11.4 Å². The van der Waals surface area contributed by atoms with E-state index in [-0.39, 0.29) is 6.04 Å². The number of hydrogen-bond acceptors (Lipinski definition) is 3. The minimum Gasteiger partial charge on any atom is -0.345 e. The van der Waals surface area contributed by atoms with Crippen LogP contribution in [0, 0.1) is 11.3 Å². The fourth-order valence-electron chi connectivity index (χ4n) is 2.11. The van der Waals surface area contributed by atoms with Gasteiger partial charge in [-0.1, -0.05) is 25.1 Å². The summed E-state index contributed by atoms with van der Waals surface area (Å²) in [4.78, 5) is 2.06. The van der Waals surface area contributed by atoms with Crippen LogP contribution in [0.25, 0.3) is 0 Å². The lowest BCUT2D eigenvalue weighted by Crippen LogP contribution is -2.11. The number of nitrogens with two attached hydrogens (primary N) is 1. The molecule has 0 aliphatic rings. The van der Waals surface area contributed by atoms with Crippen molar-refractivity contribution in [1.29, 1.82) is 5.26 Å². The van der Waals surface area contributed by atoms with Crippen molar-refractivity contribution in [2.24, 2.45) is 5.73 Å². The first-order valence-electron chi connectivity index (χ1n) is 6.75. The molecule has 3 heteroatoms. The molecule has 0 saturated heterocycles. The molecular formula is C17H19N3. The molecule has 2 aromatic rings. The normalized spacial score (nSPS) is 11.7. The van der Waals surface area contributed by atoms with Gasteiger partial charge in [0, 0.05) is 24.5 Å². The molecule has 0 unspecified atom stereocenters. The topological polar surface area (TPSA) is 53.0 Å². The molecule has 0 spiro atoms. The van der Waals surface area contributed by atoms with Gasteiger partial charge < -0.3 is 10.6 Å². The van der Waals surface area contributed by atoms with Gasteiger partial charge in [0.15, 0.2) is 0 Å². The van der Waals surface area contributed by atoms with E-state index in [1.807, 2.05) is 25.2 Å². The monoisotopic (exact) mass is 265 g/mol. The maximum Gasteiger partial charge on any atom is 0.0992 e. The van der Waals surface area contributed by atoms with Crippen molar-refractivity contribution in [1.82, 2.24) is 0 Å². The first-order valence-corrected chi connectivity index (χ1v) is 6.75. The van der Waals surface area contributed by atoms with Crippen molar-refractivity contribution in [2.75, 3.05) is 11.9 Å². The van der Waals surface area contributed by atoms with Crippen LogP contribution in [0.5, 0.6) is 0 Å². The van der Waals surface area contributed by atoms with E-state index in [1.54, 1.807) is 6.07 Å². The number of benzene rings is 2. The quantitative estimate of drug-likeness (QED) is 0.916. The largest absolute Gasteiger partial charge is 0.345 e. The Labute approximate surface area is 120 Å². The molecule has 0 amide bonds. The van der Waals surface area contributed by atoms with E-state index in [1.165, 1.54) is 0 Å². The number of hydrogen-bond donors (Lipinski definition) is 1. The number of nitriles is 1. The smallest absolute Gasteiger partial charge is 0.0992 e. The van der Waals surface area contributed by atoms with Crippen LogP contribution in [0.3, 0.4) is 0 Å². The van der Waals surface area contributed by atoms with Crippen molar-refractivity contribution < 1.29 is 0 Å². The lowest BCUT2D eigenvalue weighted by atomic mass is 10.0. The lowest BCUT2D eigenvalue weighted by Gasteiger charge is -2.20. The molecule has 0 heterocycles. The van der Waals surface area contributed by atoms with Crippen LogP contribution in [-0.4, -0.2) is 7.05 Å². The highest BCUT2D eigenvalue weighted by molar-refractivity contribution is 5.64. The Morgan fingerprint density at radius 1 is 1.15 bits per heavy atom. The standard InChI is InChI=1S/C17H19N3/c1-3-17(19)14-7-9-15(10-8-14)20(2)16-6-4-5-13(11-16)12-18/h4-11,17H,3,19H2,1-2H3/t17-/m0/s1. The Hall–Kier alpha value is -2.31. The third-order valence-corrected chi connectivity index (χ3v) is 3.51. The van der Waals surface area contributed by atoms with Gasteiger partial charge in [-0.05, 0) is 42.3 Å². The van der Waals surface area contributed by atoms with Crippen LogP contribution in [0.15, 0.2) is 48.5 Å². The SMILES string of the molecule is CC[C@H](N)c1ccc(N(C)c2cccc(C#N)c2)cc1. The van der Waals surface area contributed by atoms with E-state index in [2.05, 4.69) is 42.2 Å². The third-order valence-electron chi connectivity index (χ3n) is 3.51. The van der Waals surface area contributed by atoms with Gasteiger partial charge in [0.2, 0.25) is 0 Å². The fraction of sp³-hybridized carbons (Fsp3) is 0.235. The molecular weight excluding hydrogens is 246 g/mol. The molecule has 102 valence electrons. The number of anilines is 2. The molecule has 3 nitrogen and oxygen atoms in total. The highest BCUT2D eigenvalue weighted by Crippen LogP contribution is 2.25. The summed E-state index contributed by atoms with van der Waals surface area (Å²) in [5.41, 5.74) is 9.91. The summed E-state index contributed by atoms with van der Waals surface area (Å²) in [6.07, 6.45) is 0.930. The Balaban J connectivity index is 2.24. The molecule has 2 rings (SSSR count). The predicted molar refractivity (Wildman–Crippen MR) is 82.9 cm³/mol. The molecule has 0 bridgehead atoms. The summed E-state index contributed by atoms with van der Waals surface area (Å²) in [6.45, 7) is 2.08. The first kappa shape index (κ1) is 14.1. The van der Waals surface area contributed by atoms with E-state index in [0.717, 1.165) is 23.4 Å². The maximum atomic E-state index is 8.96. The van der Waals surface area contributed by atoms with Gasteiger partial charge in [-0.3, -0.25) is 0 Å². The van der Waals surface area contributed by atoms with Gasteiger partial charge in [-0.15, -0.1) is 0 Å². The zero-order chi connectivity index (χ0) is 14.5. The van der Waals surface area contributed by atoms with Gasteiger partial charge in [-0.25, -0.2) is 0 Å². The van der Waals surface area contributed by atoms with Crippen LogP contribution in [0.1, 0.15) is 30.5 Å². The molecule has 0 aliphatic heterocycles. The van der Waals surface area contributed by atoms with E-state index in [0.29, 0.717) is 5.56 Å². The predicted octanol–water partition coefficient (Wildman–Crippen LogP) is 3.74. The second kappa shape index (κ2) is 6.23. The Morgan fingerprint density at radius 3 is 2.45 bits per heavy atom. The van der Waals surface area contributed by atoms with Crippen LogP contribution >= 0.6 is 0 Å². The summed E-state index contributed by atoms with van der Waals surface area (Å²) in [5, 5.41) is 8.96. The average Bonchev–Trinajstić information content (AvgIpc) is 2.53. The molecule has 2 aromatic carbocycles. The minimum absolute atomic E-state index is 0.0938. The van der Waals surface area contributed by atoms with Crippen molar-refractivity contribution in [2.45, 2.75) is 19.4 Å². The number of nitrogens with zero attached hydrogens (tertiary/aromatic N) is 2. The second-order valence-corrected chi connectivity index (χ2v) is 4.83. The lowest BCUT2D eigenvalue weighted by molar-refractivity contribution is 0.699. The van der Waals surface area contributed by atoms with E-state index < -0.39 is 0 Å². The van der Waals surface area contributed by atoms with Gasteiger partial charge in [0.25, 0.3) is 0 Å². The zero-order valence-corrected chi connectivity index (χ0v) is 11.9. The Kier molecular flexibility index (Phi) is 4.39. The highest BCUT2D eigenvalue weighted by Gasteiger charge is 2.07. The fourth-order valence-corrected chi connectivity index (χ4v) is 2.11. The van der Waals surface area contributed by atoms with Gasteiger partial charge in [0.05, 0.1) is 11.6 Å². The molecule has 0 radical (unpaired) electrons. The number of rotatable bonds is 4. The molecule has 0 aliphatic carbocycles. The Morgan fingerprint density at radius 2 is 1.85 bits per heavy atom. The minimum atomic E-state index is 0.0938. The maximum absolute atomic E-state index is 8.96. The average molecular weight is 265 g/mol. The molecule has 2 N–H and O–H groups in total. The summed E-state index contributed by atoms with van der Waals surface area (Å²) in [5.74, 6) is 0. The molecule has 0 saturated carbocycles. The van der Waals surface area contributed by atoms with Gasteiger partial charge in [-0.2, -0.15) is 5.26 Å². The van der Waals surface area contributed by atoms with Crippen LogP contribution < -0.4 is 10.6 Å². The van der Waals surface area contributed by atoms with Crippen LogP contribution in [-0.2, 0) is 0 Å². The summed E-state index contributed by atoms with van der Waals surface area (Å²) in [6, 6.07) is 18.1. The molecule has 0 aromatic heterocycles. The van der Waals surface area contributed by atoms with E-state index >= 15 is 0 Å². The zero-order valence-electron chi connectivity index (χ0n) is 11.9. The van der Waals surface area contributed by atoms with E-state index in [4.69, 9.17) is 11.0 Å². The van der Waals surface area contributed by atoms with Crippen molar-refractivity contribution in [3.63, 3.8) is 0 Å². The molecule has 20 heavy (non-hydrogen) atoms. The third kappa shape index (κ3) is 2.98. The van der Waals surface area contributed by atoms with E-state index in [9.17, 15) is 0 Å². The first-order chi connectivity index (χ1) is 9.65.